The van der Waals surface area contributed by atoms with E-state index in [1.54, 1.807) is 0 Å². The van der Waals surface area contributed by atoms with Gasteiger partial charge in [0.1, 0.15) is 0 Å². The van der Waals surface area contributed by atoms with Crippen molar-refractivity contribution in [3.8, 4) is 0 Å². The molecule has 0 saturated heterocycles. The highest BCUT2D eigenvalue weighted by Crippen LogP contribution is 2.31. The fourth-order valence-corrected chi connectivity index (χ4v) is 2.79. The van der Waals surface area contributed by atoms with E-state index in [1.807, 2.05) is 13.8 Å². The number of unbranched alkanes of at least 4 members (excludes halogenated alkanes) is 8. The quantitative estimate of drug-likeness (QED) is 0.458. The van der Waals surface area contributed by atoms with E-state index in [-0.39, 0.29) is 0 Å². The zero-order chi connectivity index (χ0) is 15.5. The monoisotopic (exact) mass is 285 g/mol. The van der Waals surface area contributed by atoms with Crippen LogP contribution in [0.25, 0.3) is 0 Å². The van der Waals surface area contributed by atoms with E-state index in [9.17, 15) is 5.11 Å². The number of nitrogens with two attached hydrogens (primary N) is 1. The molecule has 0 aromatic rings. The summed E-state index contributed by atoms with van der Waals surface area (Å²) in [5.41, 5.74) is 5.01. The van der Waals surface area contributed by atoms with Gasteiger partial charge in [-0.2, -0.15) is 0 Å². The molecule has 0 aliphatic rings. The van der Waals surface area contributed by atoms with Crippen molar-refractivity contribution in [3.63, 3.8) is 0 Å². The lowest BCUT2D eigenvalue weighted by molar-refractivity contribution is -0.0397. The number of aliphatic hydroxyl groups is 1. The molecule has 0 fully saturated rings. The predicted molar refractivity (Wildman–Crippen MR) is 90.0 cm³/mol. The van der Waals surface area contributed by atoms with E-state index in [2.05, 4.69) is 13.8 Å². The van der Waals surface area contributed by atoms with Gasteiger partial charge >= 0.3 is 0 Å². The molecule has 1 atom stereocenters. The number of hydrogen-bond acceptors (Lipinski definition) is 2. The molecule has 1 unspecified atom stereocenters. The largest absolute Gasteiger partial charge is 0.388 e. The Balaban J connectivity index is 3.86. The average molecular weight is 286 g/mol. The van der Waals surface area contributed by atoms with Crippen LogP contribution in [0.15, 0.2) is 0 Å². The molecular formula is C18H39NO. The first-order valence-corrected chi connectivity index (χ1v) is 8.88. The van der Waals surface area contributed by atoms with Crippen LogP contribution in [0.4, 0.5) is 0 Å². The van der Waals surface area contributed by atoms with Crippen molar-refractivity contribution in [2.24, 2.45) is 5.73 Å². The van der Waals surface area contributed by atoms with E-state index in [4.69, 9.17) is 5.73 Å². The summed E-state index contributed by atoms with van der Waals surface area (Å²) in [7, 11) is 0. The first-order valence-electron chi connectivity index (χ1n) is 8.88. The van der Waals surface area contributed by atoms with Gasteiger partial charge in [-0.1, -0.05) is 78.1 Å². The summed E-state index contributed by atoms with van der Waals surface area (Å²) >= 11 is 0. The molecule has 20 heavy (non-hydrogen) atoms. The van der Waals surface area contributed by atoms with Crippen LogP contribution in [-0.2, 0) is 0 Å². The summed E-state index contributed by atoms with van der Waals surface area (Å²) in [4.78, 5) is 0. The standard InChI is InChI=1S/C18H39NO/c1-5-7-9-10-11-12-13-14-16-18(20,15-8-6-2)17(3,4)19/h20H,5-16,19H2,1-4H3. The summed E-state index contributed by atoms with van der Waals surface area (Å²) in [5.74, 6) is 0. The van der Waals surface area contributed by atoms with Crippen LogP contribution in [0, 0.1) is 0 Å². The molecule has 0 radical (unpaired) electrons. The molecule has 3 N–H and O–H groups in total. The van der Waals surface area contributed by atoms with Gasteiger partial charge in [0.15, 0.2) is 0 Å². The lowest BCUT2D eigenvalue weighted by atomic mass is 9.76. The molecule has 0 spiro atoms. The number of hydrogen-bond donors (Lipinski definition) is 2. The van der Waals surface area contributed by atoms with E-state index in [0.29, 0.717) is 0 Å². The molecule has 0 aliphatic heterocycles. The summed E-state index contributed by atoms with van der Waals surface area (Å²) in [6.45, 7) is 8.35. The van der Waals surface area contributed by atoms with Crippen molar-refractivity contribution >= 4 is 0 Å². The Morgan fingerprint density at radius 3 is 1.55 bits per heavy atom. The molecule has 122 valence electrons. The zero-order valence-electron chi connectivity index (χ0n) is 14.5. The third kappa shape index (κ3) is 8.26. The van der Waals surface area contributed by atoms with Crippen molar-refractivity contribution < 1.29 is 5.11 Å². The third-order valence-electron chi connectivity index (χ3n) is 4.59. The maximum atomic E-state index is 10.8. The SMILES string of the molecule is CCCCCCCCCCC(O)(CCCC)C(C)(C)N. The van der Waals surface area contributed by atoms with Gasteiger partial charge in [0.2, 0.25) is 0 Å². The predicted octanol–water partition coefficient (Wildman–Crippen LogP) is 5.18. The average Bonchev–Trinajstić information content (AvgIpc) is 2.38. The molecule has 0 aromatic carbocycles. The van der Waals surface area contributed by atoms with Gasteiger partial charge < -0.3 is 10.8 Å². The number of rotatable bonds is 13. The molecule has 0 aliphatic carbocycles. The second-order valence-electron chi connectivity index (χ2n) is 7.08. The minimum atomic E-state index is -0.689. The maximum Gasteiger partial charge on any atom is 0.0820 e. The second-order valence-corrected chi connectivity index (χ2v) is 7.08. The van der Waals surface area contributed by atoms with Crippen LogP contribution in [-0.4, -0.2) is 16.2 Å². The lowest BCUT2D eigenvalue weighted by Gasteiger charge is -2.40. The highest BCUT2D eigenvalue weighted by atomic mass is 16.3. The molecule has 2 nitrogen and oxygen atoms in total. The Bertz CT molecular complexity index is 222. The van der Waals surface area contributed by atoms with Crippen LogP contribution in [0.3, 0.4) is 0 Å². The molecule has 0 rings (SSSR count). The molecule has 0 heterocycles. The zero-order valence-corrected chi connectivity index (χ0v) is 14.5. The summed E-state index contributed by atoms with van der Waals surface area (Å²) in [6.07, 6.45) is 14.3. The van der Waals surface area contributed by atoms with Crippen LogP contribution >= 0.6 is 0 Å². The van der Waals surface area contributed by atoms with Gasteiger partial charge in [-0.25, -0.2) is 0 Å². The Morgan fingerprint density at radius 2 is 1.10 bits per heavy atom. The van der Waals surface area contributed by atoms with Gasteiger partial charge in [-0.15, -0.1) is 0 Å². The second kappa shape index (κ2) is 10.6. The van der Waals surface area contributed by atoms with Crippen molar-refractivity contribution in [1.29, 1.82) is 0 Å². The van der Waals surface area contributed by atoms with Crippen molar-refractivity contribution in [1.82, 2.24) is 0 Å². The lowest BCUT2D eigenvalue weighted by Crippen LogP contribution is -2.56. The molecule has 0 amide bonds. The molecule has 0 saturated carbocycles. The van der Waals surface area contributed by atoms with Crippen LogP contribution in [0.1, 0.15) is 105 Å². The fourth-order valence-electron chi connectivity index (χ4n) is 2.79. The topological polar surface area (TPSA) is 46.2 Å². The fraction of sp³-hybridized carbons (Fsp3) is 1.00. The Hall–Kier alpha value is -0.0800. The van der Waals surface area contributed by atoms with Gasteiger partial charge in [-0.3, -0.25) is 0 Å². The third-order valence-corrected chi connectivity index (χ3v) is 4.59. The molecule has 0 aromatic heterocycles. The van der Waals surface area contributed by atoms with Crippen molar-refractivity contribution in [2.45, 2.75) is 116 Å². The Morgan fingerprint density at radius 1 is 0.700 bits per heavy atom. The van der Waals surface area contributed by atoms with Gasteiger partial charge in [0.25, 0.3) is 0 Å². The van der Waals surface area contributed by atoms with E-state index in [0.717, 1.165) is 32.1 Å². The normalized spacial score (nSPS) is 15.3. The van der Waals surface area contributed by atoms with E-state index < -0.39 is 11.1 Å². The van der Waals surface area contributed by atoms with Gasteiger partial charge in [-0.05, 0) is 26.7 Å². The smallest absolute Gasteiger partial charge is 0.0820 e. The molecule has 2 heteroatoms. The molecule has 0 bridgehead atoms. The highest BCUT2D eigenvalue weighted by Gasteiger charge is 2.39. The maximum absolute atomic E-state index is 10.8. The van der Waals surface area contributed by atoms with Gasteiger partial charge in [0.05, 0.1) is 5.60 Å². The van der Waals surface area contributed by atoms with Gasteiger partial charge in [0, 0.05) is 5.54 Å². The summed E-state index contributed by atoms with van der Waals surface area (Å²) in [6, 6.07) is 0. The van der Waals surface area contributed by atoms with Crippen LogP contribution in [0.2, 0.25) is 0 Å². The highest BCUT2D eigenvalue weighted by molar-refractivity contribution is 4.97. The van der Waals surface area contributed by atoms with Crippen molar-refractivity contribution in [2.75, 3.05) is 0 Å². The Labute approximate surface area is 127 Å². The minimum absolute atomic E-state index is 0.497. The van der Waals surface area contributed by atoms with Crippen LogP contribution in [0.5, 0.6) is 0 Å². The summed E-state index contributed by atoms with van der Waals surface area (Å²) < 4.78 is 0. The van der Waals surface area contributed by atoms with E-state index >= 15 is 0 Å². The van der Waals surface area contributed by atoms with Crippen LogP contribution < -0.4 is 5.73 Å². The first kappa shape index (κ1) is 19.9. The summed E-state index contributed by atoms with van der Waals surface area (Å²) in [5, 5.41) is 10.8. The van der Waals surface area contributed by atoms with E-state index in [1.165, 1.54) is 44.9 Å². The first-order chi connectivity index (χ1) is 9.37. The van der Waals surface area contributed by atoms with Crippen molar-refractivity contribution in [3.05, 3.63) is 0 Å². The molecular weight excluding hydrogens is 246 g/mol. The Kier molecular flexibility index (Phi) is 10.6. The minimum Gasteiger partial charge on any atom is -0.388 e.